The van der Waals surface area contributed by atoms with Crippen molar-refractivity contribution in [1.29, 1.82) is 0 Å². The Hall–Kier alpha value is -2.08. The Bertz CT molecular complexity index is 493. The number of nitrogens with one attached hydrogen (secondary N) is 3. The highest BCUT2D eigenvalue weighted by molar-refractivity contribution is 5.91. The third kappa shape index (κ3) is 5.07. The third-order valence-electron chi connectivity index (χ3n) is 3.50. The number of aliphatic hydroxyl groups excluding tert-OH is 1. The first-order valence-electron chi connectivity index (χ1n) is 7.16. The fourth-order valence-electron chi connectivity index (χ4n) is 2.41. The summed E-state index contributed by atoms with van der Waals surface area (Å²) in [6, 6.07) is 6.79. The van der Waals surface area contributed by atoms with Gasteiger partial charge in [-0.1, -0.05) is 0 Å². The summed E-state index contributed by atoms with van der Waals surface area (Å²) in [6.07, 6.45) is 2.84. The molecule has 0 heterocycles. The number of benzene rings is 1. The molecule has 1 aliphatic rings. The lowest BCUT2D eigenvalue weighted by Crippen LogP contribution is -2.40. The molecular weight excluding hydrogens is 270 g/mol. The van der Waals surface area contributed by atoms with Gasteiger partial charge in [-0.15, -0.1) is 0 Å². The van der Waals surface area contributed by atoms with Crippen molar-refractivity contribution in [1.82, 2.24) is 5.32 Å². The van der Waals surface area contributed by atoms with E-state index in [0.29, 0.717) is 11.4 Å². The zero-order valence-electron chi connectivity index (χ0n) is 12.1. The number of anilines is 2. The molecule has 1 aromatic rings. The number of carbonyl (C=O) groups is 2. The molecule has 0 unspecified atom stereocenters. The van der Waals surface area contributed by atoms with Gasteiger partial charge in [0.25, 0.3) is 0 Å². The second-order valence-corrected chi connectivity index (χ2v) is 5.36. The predicted octanol–water partition coefficient (Wildman–Crippen LogP) is 2.07. The number of urea groups is 1. The van der Waals surface area contributed by atoms with Gasteiger partial charge < -0.3 is 21.1 Å². The van der Waals surface area contributed by atoms with Crippen LogP contribution in [-0.4, -0.2) is 29.2 Å². The van der Waals surface area contributed by atoms with Crippen LogP contribution in [0.25, 0.3) is 0 Å². The summed E-state index contributed by atoms with van der Waals surface area (Å²) in [5, 5.41) is 17.8. The molecule has 0 aromatic heterocycles. The van der Waals surface area contributed by atoms with E-state index in [1.807, 2.05) is 0 Å². The van der Waals surface area contributed by atoms with Gasteiger partial charge in [0, 0.05) is 24.3 Å². The van der Waals surface area contributed by atoms with Crippen LogP contribution in [0.5, 0.6) is 0 Å². The molecule has 1 saturated carbocycles. The normalized spacial score (nSPS) is 21.4. The van der Waals surface area contributed by atoms with E-state index < -0.39 is 0 Å². The van der Waals surface area contributed by atoms with E-state index in [0.717, 1.165) is 25.7 Å². The van der Waals surface area contributed by atoms with Gasteiger partial charge in [-0.05, 0) is 49.9 Å². The van der Waals surface area contributed by atoms with Crippen molar-refractivity contribution in [3.05, 3.63) is 24.3 Å². The molecule has 0 radical (unpaired) electrons. The highest BCUT2D eigenvalue weighted by Gasteiger charge is 2.20. The summed E-state index contributed by atoms with van der Waals surface area (Å²) in [5.74, 6) is -0.132. The molecule has 0 bridgehead atoms. The van der Waals surface area contributed by atoms with Crippen LogP contribution in [0, 0.1) is 0 Å². The van der Waals surface area contributed by atoms with Crippen LogP contribution in [0.3, 0.4) is 0 Å². The number of amides is 3. The van der Waals surface area contributed by atoms with Crippen LogP contribution in [-0.2, 0) is 4.79 Å². The topological polar surface area (TPSA) is 90.5 Å². The summed E-state index contributed by atoms with van der Waals surface area (Å²) in [6.45, 7) is 1.45. The Labute approximate surface area is 123 Å². The van der Waals surface area contributed by atoms with E-state index >= 15 is 0 Å². The van der Waals surface area contributed by atoms with E-state index in [2.05, 4.69) is 16.0 Å². The summed E-state index contributed by atoms with van der Waals surface area (Å²) in [7, 11) is 0. The molecule has 0 saturated heterocycles. The van der Waals surface area contributed by atoms with Crippen molar-refractivity contribution in [2.24, 2.45) is 0 Å². The molecule has 0 atom stereocenters. The van der Waals surface area contributed by atoms with E-state index in [1.165, 1.54) is 6.92 Å². The van der Waals surface area contributed by atoms with Gasteiger partial charge in [0.15, 0.2) is 0 Å². The second-order valence-electron chi connectivity index (χ2n) is 5.36. The Balaban J connectivity index is 1.80. The first kappa shape index (κ1) is 15.3. The summed E-state index contributed by atoms with van der Waals surface area (Å²) in [5.41, 5.74) is 1.35. The van der Waals surface area contributed by atoms with Gasteiger partial charge >= 0.3 is 6.03 Å². The van der Waals surface area contributed by atoms with Gasteiger partial charge in [-0.2, -0.15) is 0 Å². The molecule has 1 aromatic carbocycles. The van der Waals surface area contributed by atoms with Crippen LogP contribution in [0.15, 0.2) is 24.3 Å². The minimum Gasteiger partial charge on any atom is -0.393 e. The number of carbonyl (C=O) groups excluding carboxylic acids is 2. The van der Waals surface area contributed by atoms with Crippen LogP contribution in [0.1, 0.15) is 32.6 Å². The Morgan fingerprint density at radius 1 is 1.00 bits per heavy atom. The lowest BCUT2D eigenvalue weighted by atomic mass is 9.93. The number of aliphatic hydroxyl groups is 1. The van der Waals surface area contributed by atoms with Crippen LogP contribution in [0.4, 0.5) is 16.2 Å². The molecule has 21 heavy (non-hydrogen) atoms. The smallest absolute Gasteiger partial charge is 0.319 e. The predicted molar refractivity (Wildman–Crippen MR) is 81.2 cm³/mol. The Morgan fingerprint density at radius 2 is 1.52 bits per heavy atom. The molecule has 2 rings (SSSR count). The third-order valence-corrected chi connectivity index (χ3v) is 3.50. The molecule has 0 spiro atoms. The molecule has 3 amide bonds. The summed E-state index contributed by atoms with van der Waals surface area (Å²) >= 11 is 0. The van der Waals surface area contributed by atoms with E-state index in [-0.39, 0.29) is 24.1 Å². The van der Waals surface area contributed by atoms with E-state index in [9.17, 15) is 14.7 Å². The first-order chi connectivity index (χ1) is 10.0. The van der Waals surface area contributed by atoms with Gasteiger partial charge in [0.2, 0.25) is 5.91 Å². The second kappa shape index (κ2) is 7.08. The maximum Gasteiger partial charge on any atom is 0.319 e. The SMILES string of the molecule is CC(=O)Nc1ccc(NC(=O)NC2CCC(O)CC2)cc1. The molecule has 114 valence electrons. The Kier molecular flexibility index (Phi) is 5.16. The minimum absolute atomic E-state index is 0.118. The van der Waals surface area contributed by atoms with Crippen molar-refractivity contribution < 1.29 is 14.7 Å². The van der Waals surface area contributed by atoms with Gasteiger partial charge in [0.1, 0.15) is 0 Å². The zero-order chi connectivity index (χ0) is 15.2. The standard InChI is InChI=1S/C15H21N3O3/c1-10(19)16-11-2-4-12(5-3-11)17-15(21)18-13-6-8-14(20)9-7-13/h2-5,13-14,20H,6-9H2,1H3,(H,16,19)(H2,17,18,21). The monoisotopic (exact) mass is 291 g/mol. The number of hydrogen-bond donors (Lipinski definition) is 4. The molecular formula is C15H21N3O3. The first-order valence-corrected chi connectivity index (χ1v) is 7.16. The van der Waals surface area contributed by atoms with Gasteiger partial charge in [-0.3, -0.25) is 4.79 Å². The largest absolute Gasteiger partial charge is 0.393 e. The summed E-state index contributed by atoms with van der Waals surface area (Å²) in [4.78, 5) is 22.8. The average molecular weight is 291 g/mol. The van der Waals surface area contributed by atoms with Crippen LogP contribution < -0.4 is 16.0 Å². The highest BCUT2D eigenvalue weighted by atomic mass is 16.3. The Morgan fingerprint density at radius 3 is 2.05 bits per heavy atom. The minimum atomic E-state index is -0.247. The maximum atomic E-state index is 11.9. The van der Waals surface area contributed by atoms with Gasteiger partial charge in [0.05, 0.1) is 6.10 Å². The molecule has 1 fully saturated rings. The fraction of sp³-hybridized carbons (Fsp3) is 0.467. The van der Waals surface area contributed by atoms with Crippen LogP contribution in [0.2, 0.25) is 0 Å². The van der Waals surface area contributed by atoms with Crippen molar-refractivity contribution >= 4 is 23.3 Å². The molecule has 1 aliphatic carbocycles. The molecule has 6 nitrogen and oxygen atoms in total. The lowest BCUT2D eigenvalue weighted by molar-refractivity contribution is -0.114. The maximum absolute atomic E-state index is 11.9. The molecule has 4 N–H and O–H groups in total. The van der Waals surface area contributed by atoms with Crippen LogP contribution >= 0.6 is 0 Å². The molecule has 6 heteroatoms. The van der Waals surface area contributed by atoms with Gasteiger partial charge in [-0.25, -0.2) is 4.79 Å². The lowest BCUT2D eigenvalue weighted by Gasteiger charge is -2.26. The highest BCUT2D eigenvalue weighted by Crippen LogP contribution is 2.18. The van der Waals surface area contributed by atoms with E-state index in [4.69, 9.17) is 0 Å². The van der Waals surface area contributed by atoms with Crippen molar-refractivity contribution in [2.75, 3.05) is 10.6 Å². The average Bonchev–Trinajstić information content (AvgIpc) is 2.43. The zero-order valence-corrected chi connectivity index (χ0v) is 12.1. The van der Waals surface area contributed by atoms with Crippen molar-refractivity contribution in [2.45, 2.75) is 44.8 Å². The van der Waals surface area contributed by atoms with Crippen molar-refractivity contribution in [3.8, 4) is 0 Å². The summed E-state index contributed by atoms with van der Waals surface area (Å²) < 4.78 is 0. The number of rotatable bonds is 3. The fourth-order valence-corrected chi connectivity index (χ4v) is 2.41. The van der Waals surface area contributed by atoms with E-state index in [1.54, 1.807) is 24.3 Å². The quantitative estimate of drug-likeness (QED) is 0.687. The number of hydrogen-bond acceptors (Lipinski definition) is 3. The van der Waals surface area contributed by atoms with Crippen molar-refractivity contribution in [3.63, 3.8) is 0 Å². The molecule has 0 aliphatic heterocycles.